The SMILES string of the molecule is Cn1cc(-c2ccnc(CC(N)=O)c2)c2oc(CN3CCCC(F)(F)C3)cc2c1=O. The number of piperidine rings is 1. The van der Waals surface area contributed by atoms with Gasteiger partial charge in [-0.05, 0) is 36.7 Å². The summed E-state index contributed by atoms with van der Waals surface area (Å²) in [5.74, 6) is -2.75. The average Bonchev–Trinajstić information content (AvgIpc) is 3.07. The number of halogens is 2. The Kier molecular flexibility index (Phi) is 5.15. The molecular formula is C21H22F2N4O3. The Hall–Kier alpha value is -3.07. The molecule has 3 aromatic heterocycles. The molecule has 1 aliphatic rings. The van der Waals surface area contributed by atoms with Crippen molar-refractivity contribution in [2.75, 3.05) is 13.1 Å². The lowest BCUT2D eigenvalue weighted by Gasteiger charge is -2.31. The first-order chi connectivity index (χ1) is 14.2. The number of primary amides is 1. The standard InChI is InChI=1S/C21H22F2N4O3/c1-26-11-17(13-3-5-25-14(7-13)8-18(24)28)19-16(20(26)29)9-15(30-19)10-27-6-2-4-21(22,23)12-27/h3,5,7,9,11H,2,4,6,8,10,12H2,1H3,(H2,24,28). The van der Waals surface area contributed by atoms with Crippen molar-refractivity contribution in [3.63, 3.8) is 0 Å². The van der Waals surface area contributed by atoms with Gasteiger partial charge >= 0.3 is 0 Å². The Morgan fingerprint density at radius 3 is 2.90 bits per heavy atom. The Morgan fingerprint density at radius 1 is 1.37 bits per heavy atom. The third-order valence-corrected chi connectivity index (χ3v) is 5.24. The molecule has 3 aromatic rings. The minimum absolute atomic E-state index is 0.00464. The second-order valence-corrected chi connectivity index (χ2v) is 7.76. The van der Waals surface area contributed by atoms with E-state index in [1.54, 1.807) is 42.5 Å². The number of hydrogen-bond acceptors (Lipinski definition) is 5. The van der Waals surface area contributed by atoms with Crippen molar-refractivity contribution >= 4 is 16.9 Å². The van der Waals surface area contributed by atoms with Gasteiger partial charge in [-0.1, -0.05) is 0 Å². The van der Waals surface area contributed by atoms with Gasteiger partial charge in [0, 0.05) is 31.4 Å². The minimum atomic E-state index is -2.71. The van der Waals surface area contributed by atoms with Crippen molar-refractivity contribution in [3.05, 3.63) is 52.4 Å². The van der Waals surface area contributed by atoms with Crippen molar-refractivity contribution in [2.45, 2.75) is 31.7 Å². The van der Waals surface area contributed by atoms with E-state index in [1.165, 1.54) is 4.57 Å². The number of nitrogens with two attached hydrogens (primary N) is 1. The van der Waals surface area contributed by atoms with E-state index in [9.17, 15) is 18.4 Å². The largest absolute Gasteiger partial charge is 0.459 e. The van der Waals surface area contributed by atoms with Gasteiger partial charge in [0.1, 0.15) is 11.3 Å². The zero-order chi connectivity index (χ0) is 21.5. The summed E-state index contributed by atoms with van der Waals surface area (Å²) in [5.41, 5.74) is 7.27. The van der Waals surface area contributed by atoms with Crippen molar-refractivity contribution in [1.29, 1.82) is 0 Å². The van der Waals surface area contributed by atoms with Gasteiger partial charge in [0.15, 0.2) is 0 Å². The van der Waals surface area contributed by atoms with Crippen LogP contribution in [0.15, 0.2) is 39.8 Å². The molecule has 0 spiro atoms. The Labute approximate surface area is 171 Å². The third kappa shape index (κ3) is 4.11. The fraction of sp³-hybridized carbons (Fsp3) is 0.381. The predicted octanol–water partition coefficient (Wildman–Crippen LogP) is 2.45. The van der Waals surface area contributed by atoms with Crippen molar-refractivity contribution < 1.29 is 18.0 Å². The lowest BCUT2D eigenvalue weighted by atomic mass is 10.1. The number of rotatable bonds is 5. The molecule has 4 heterocycles. The van der Waals surface area contributed by atoms with Crippen molar-refractivity contribution in [2.24, 2.45) is 12.8 Å². The molecular weight excluding hydrogens is 394 g/mol. The average molecular weight is 416 g/mol. The molecule has 1 fully saturated rings. The molecule has 158 valence electrons. The number of alkyl halides is 2. The topological polar surface area (TPSA) is 94.4 Å². The number of pyridine rings is 2. The van der Waals surface area contributed by atoms with Crippen molar-refractivity contribution in [3.8, 4) is 11.1 Å². The van der Waals surface area contributed by atoms with E-state index in [0.29, 0.717) is 46.5 Å². The summed E-state index contributed by atoms with van der Waals surface area (Å²) in [4.78, 5) is 29.6. The first-order valence-electron chi connectivity index (χ1n) is 9.68. The van der Waals surface area contributed by atoms with E-state index < -0.39 is 11.8 Å². The molecule has 0 unspecified atom stereocenters. The molecule has 0 aromatic carbocycles. The molecule has 1 amide bonds. The lowest BCUT2D eigenvalue weighted by Crippen LogP contribution is -2.41. The number of carbonyl (C=O) groups excluding carboxylic acids is 1. The van der Waals surface area contributed by atoms with Crippen LogP contribution in [-0.2, 0) is 24.8 Å². The van der Waals surface area contributed by atoms with Gasteiger partial charge in [0.25, 0.3) is 11.5 Å². The molecule has 0 saturated carbocycles. The predicted molar refractivity (Wildman–Crippen MR) is 107 cm³/mol. The molecule has 0 aliphatic carbocycles. The molecule has 1 aliphatic heterocycles. The van der Waals surface area contributed by atoms with E-state index in [0.717, 1.165) is 0 Å². The molecule has 0 atom stereocenters. The number of fused-ring (bicyclic) bond motifs is 1. The van der Waals surface area contributed by atoms with Crippen LogP contribution in [-0.4, -0.2) is 39.4 Å². The van der Waals surface area contributed by atoms with E-state index in [2.05, 4.69) is 4.98 Å². The highest BCUT2D eigenvalue weighted by Gasteiger charge is 2.35. The normalized spacial score (nSPS) is 16.8. The number of aryl methyl sites for hydroxylation is 1. The van der Waals surface area contributed by atoms with Gasteiger partial charge in [-0.2, -0.15) is 0 Å². The van der Waals surface area contributed by atoms with Crippen LogP contribution in [0.1, 0.15) is 24.3 Å². The summed E-state index contributed by atoms with van der Waals surface area (Å²) in [7, 11) is 1.63. The molecule has 30 heavy (non-hydrogen) atoms. The maximum absolute atomic E-state index is 13.7. The molecule has 1 saturated heterocycles. The van der Waals surface area contributed by atoms with Gasteiger partial charge in [-0.15, -0.1) is 0 Å². The fourth-order valence-corrected chi connectivity index (χ4v) is 3.91. The summed E-state index contributed by atoms with van der Waals surface area (Å²) in [5, 5.41) is 0.377. The second-order valence-electron chi connectivity index (χ2n) is 7.76. The van der Waals surface area contributed by atoms with Crippen LogP contribution < -0.4 is 11.3 Å². The second kappa shape index (κ2) is 7.64. The van der Waals surface area contributed by atoms with Gasteiger partial charge in [0.05, 0.1) is 30.6 Å². The maximum Gasteiger partial charge on any atom is 0.261 e. The zero-order valence-electron chi connectivity index (χ0n) is 16.5. The summed E-state index contributed by atoms with van der Waals surface area (Å²) in [6, 6.07) is 5.09. The van der Waals surface area contributed by atoms with Gasteiger partial charge < -0.3 is 14.7 Å². The van der Waals surface area contributed by atoms with Crippen LogP contribution in [0.4, 0.5) is 8.78 Å². The molecule has 4 rings (SSSR count). The number of furan rings is 1. The highest BCUT2D eigenvalue weighted by Crippen LogP contribution is 2.31. The van der Waals surface area contributed by atoms with Crippen LogP contribution >= 0.6 is 0 Å². The van der Waals surface area contributed by atoms with Crippen molar-refractivity contribution in [1.82, 2.24) is 14.5 Å². The van der Waals surface area contributed by atoms with E-state index in [-0.39, 0.29) is 31.5 Å². The van der Waals surface area contributed by atoms with Crippen LogP contribution in [0.25, 0.3) is 22.1 Å². The summed E-state index contributed by atoms with van der Waals surface area (Å²) in [6.45, 7) is 0.435. The fourth-order valence-electron chi connectivity index (χ4n) is 3.91. The van der Waals surface area contributed by atoms with Gasteiger partial charge in [0.2, 0.25) is 5.91 Å². The lowest BCUT2D eigenvalue weighted by molar-refractivity contribution is -0.117. The van der Waals surface area contributed by atoms with Crippen LogP contribution in [0.2, 0.25) is 0 Å². The molecule has 7 nitrogen and oxygen atoms in total. The van der Waals surface area contributed by atoms with Crippen LogP contribution in [0.5, 0.6) is 0 Å². The number of nitrogens with zero attached hydrogens (tertiary/aromatic N) is 3. The Bertz CT molecular complexity index is 1170. The first-order valence-corrected chi connectivity index (χ1v) is 9.68. The number of amides is 1. The summed E-state index contributed by atoms with van der Waals surface area (Å²) in [6.07, 6.45) is 3.51. The highest BCUT2D eigenvalue weighted by atomic mass is 19.3. The number of hydrogen-bond donors (Lipinski definition) is 1. The smallest absolute Gasteiger partial charge is 0.261 e. The molecule has 9 heteroatoms. The third-order valence-electron chi connectivity index (χ3n) is 5.24. The minimum Gasteiger partial charge on any atom is -0.459 e. The van der Waals surface area contributed by atoms with Gasteiger partial charge in [-0.25, -0.2) is 8.78 Å². The van der Waals surface area contributed by atoms with E-state index in [4.69, 9.17) is 10.2 Å². The van der Waals surface area contributed by atoms with E-state index >= 15 is 0 Å². The zero-order valence-corrected chi connectivity index (χ0v) is 16.5. The van der Waals surface area contributed by atoms with Crippen LogP contribution in [0.3, 0.4) is 0 Å². The van der Waals surface area contributed by atoms with Gasteiger partial charge in [-0.3, -0.25) is 19.5 Å². The number of carbonyl (C=O) groups is 1. The summed E-state index contributed by atoms with van der Waals surface area (Å²) < 4.78 is 34.9. The quantitative estimate of drug-likeness (QED) is 0.690. The number of aromatic nitrogens is 2. The first kappa shape index (κ1) is 20.2. The maximum atomic E-state index is 13.7. The molecule has 2 N–H and O–H groups in total. The van der Waals surface area contributed by atoms with Crippen LogP contribution in [0, 0.1) is 0 Å². The Morgan fingerprint density at radius 2 is 2.17 bits per heavy atom. The summed E-state index contributed by atoms with van der Waals surface area (Å²) >= 11 is 0. The monoisotopic (exact) mass is 416 g/mol. The highest BCUT2D eigenvalue weighted by molar-refractivity contribution is 5.92. The molecule has 0 radical (unpaired) electrons. The van der Waals surface area contributed by atoms with E-state index in [1.807, 2.05) is 0 Å². The number of likely N-dealkylation sites (tertiary alicyclic amines) is 1. The molecule has 0 bridgehead atoms. The Balaban J connectivity index is 1.74.